The van der Waals surface area contributed by atoms with Crippen molar-refractivity contribution in [3.8, 4) is 0 Å². The van der Waals surface area contributed by atoms with Crippen LogP contribution in [0.1, 0.15) is 136 Å². The van der Waals surface area contributed by atoms with Gasteiger partial charge in [0.25, 0.3) is 0 Å². The Balaban J connectivity index is -0.000000174. The molecule has 0 aromatic rings. The van der Waals surface area contributed by atoms with Crippen LogP contribution in [0.4, 0.5) is 0 Å². The van der Waals surface area contributed by atoms with E-state index in [-0.39, 0.29) is 17.4 Å². The molecule has 0 unspecified atom stereocenters. The summed E-state index contributed by atoms with van der Waals surface area (Å²) in [4.78, 5) is 30.1. The van der Waals surface area contributed by atoms with E-state index in [1.165, 1.54) is 57.8 Å². The van der Waals surface area contributed by atoms with Gasteiger partial charge in [0.2, 0.25) is 0 Å². The molecule has 0 fully saturated rings. The number of carboxylic acids is 3. The van der Waals surface area contributed by atoms with Gasteiger partial charge in [0.1, 0.15) is 0 Å². The summed E-state index contributed by atoms with van der Waals surface area (Å²) < 4.78 is 0. The molecule has 7 heteroatoms. The minimum atomic E-state index is -0.670. The summed E-state index contributed by atoms with van der Waals surface area (Å²) in [7, 11) is 0. The van der Waals surface area contributed by atoms with Crippen molar-refractivity contribution in [3.05, 3.63) is 0 Å². The van der Waals surface area contributed by atoms with Gasteiger partial charge in [-0.05, 0) is 19.3 Å². The summed E-state index contributed by atoms with van der Waals surface area (Å²) in [5.41, 5.74) is 0. The number of aliphatic carboxylic acids is 3. The molecular formula is C24H48CrO6. The minimum absolute atomic E-state index is 0. The van der Waals surface area contributed by atoms with Crippen LogP contribution in [0.2, 0.25) is 0 Å². The van der Waals surface area contributed by atoms with E-state index in [2.05, 4.69) is 20.8 Å². The quantitative estimate of drug-likeness (QED) is 0.176. The van der Waals surface area contributed by atoms with Gasteiger partial charge in [0, 0.05) is 36.6 Å². The Morgan fingerprint density at radius 3 is 0.774 bits per heavy atom. The van der Waals surface area contributed by atoms with E-state index in [1.54, 1.807) is 0 Å². The van der Waals surface area contributed by atoms with Crippen LogP contribution in [0.3, 0.4) is 0 Å². The molecule has 0 aromatic carbocycles. The molecule has 0 aliphatic rings. The second-order valence-corrected chi connectivity index (χ2v) is 7.67. The first kappa shape index (κ1) is 37.3. The third-order valence-electron chi connectivity index (χ3n) is 4.48. The van der Waals surface area contributed by atoms with Gasteiger partial charge in [-0.2, -0.15) is 0 Å². The van der Waals surface area contributed by atoms with E-state index in [1.807, 2.05) is 0 Å². The molecule has 0 aliphatic carbocycles. The maximum atomic E-state index is 10.0. The zero-order chi connectivity index (χ0) is 23.5. The molecular weight excluding hydrogens is 436 g/mol. The molecule has 0 amide bonds. The summed E-state index contributed by atoms with van der Waals surface area (Å²) in [5.74, 6) is -2.01. The second-order valence-electron chi connectivity index (χ2n) is 7.67. The minimum Gasteiger partial charge on any atom is -0.481 e. The van der Waals surface area contributed by atoms with Gasteiger partial charge < -0.3 is 15.3 Å². The van der Waals surface area contributed by atoms with Crippen molar-refractivity contribution < 1.29 is 47.1 Å². The molecule has 0 aromatic heterocycles. The molecule has 0 saturated heterocycles. The predicted molar refractivity (Wildman–Crippen MR) is 123 cm³/mol. The Labute approximate surface area is 201 Å². The molecule has 0 heterocycles. The van der Waals surface area contributed by atoms with Gasteiger partial charge >= 0.3 is 17.9 Å². The van der Waals surface area contributed by atoms with Crippen molar-refractivity contribution >= 4 is 17.9 Å². The van der Waals surface area contributed by atoms with Crippen molar-refractivity contribution in [3.63, 3.8) is 0 Å². The molecule has 0 saturated carbocycles. The number of hydrogen-bond acceptors (Lipinski definition) is 3. The van der Waals surface area contributed by atoms with Gasteiger partial charge in [0.15, 0.2) is 0 Å². The number of carbonyl (C=O) groups is 3. The van der Waals surface area contributed by atoms with E-state index in [9.17, 15) is 14.4 Å². The van der Waals surface area contributed by atoms with Crippen molar-refractivity contribution in [2.75, 3.05) is 0 Å². The molecule has 3 N–H and O–H groups in total. The van der Waals surface area contributed by atoms with Crippen molar-refractivity contribution in [1.82, 2.24) is 0 Å². The summed E-state index contributed by atoms with van der Waals surface area (Å²) in [6, 6.07) is 0. The third kappa shape index (κ3) is 52.8. The third-order valence-corrected chi connectivity index (χ3v) is 4.48. The standard InChI is InChI=1S/3C8H16O2.Cr/c3*1-2-3-4-5-6-7-8(9)10;/h3*2-7H2,1H3,(H,9,10);. The fourth-order valence-corrected chi connectivity index (χ4v) is 2.64. The Bertz CT molecular complexity index is 331. The normalized spacial score (nSPS) is 9.39. The fraction of sp³-hybridized carbons (Fsp3) is 0.875. The average Bonchev–Trinajstić information content (AvgIpc) is 2.68. The van der Waals surface area contributed by atoms with Crippen LogP contribution in [-0.2, 0) is 31.7 Å². The molecule has 6 nitrogen and oxygen atoms in total. The number of unbranched alkanes of at least 4 members (excludes halogenated alkanes) is 12. The van der Waals surface area contributed by atoms with Crippen LogP contribution in [0.25, 0.3) is 0 Å². The van der Waals surface area contributed by atoms with Crippen LogP contribution >= 0.6 is 0 Å². The number of carboxylic acid groups (broad SMARTS) is 3. The van der Waals surface area contributed by atoms with E-state index in [0.29, 0.717) is 19.3 Å². The fourth-order valence-electron chi connectivity index (χ4n) is 2.64. The second kappa shape index (κ2) is 33.6. The maximum Gasteiger partial charge on any atom is 0.303 e. The van der Waals surface area contributed by atoms with Crippen molar-refractivity contribution in [1.29, 1.82) is 0 Å². The summed E-state index contributed by atoms with van der Waals surface area (Å²) in [6.07, 6.45) is 17.7. The summed E-state index contributed by atoms with van der Waals surface area (Å²) in [6.45, 7) is 6.45. The van der Waals surface area contributed by atoms with Gasteiger partial charge in [-0.3, -0.25) is 14.4 Å². The molecule has 0 radical (unpaired) electrons. The zero-order valence-corrected chi connectivity index (χ0v) is 21.5. The largest absolute Gasteiger partial charge is 0.481 e. The van der Waals surface area contributed by atoms with E-state index in [0.717, 1.165) is 38.5 Å². The van der Waals surface area contributed by atoms with E-state index in [4.69, 9.17) is 15.3 Å². The maximum absolute atomic E-state index is 10.0. The molecule has 0 bridgehead atoms. The molecule has 186 valence electrons. The summed E-state index contributed by atoms with van der Waals surface area (Å²) >= 11 is 0. The van der Waals surface area contributed by atoms with Crippen LogP contribution in [-0.4, -0.2) is 33.2 Å². The van der Waals surface area contributed by atoms with Gasteiger partial charge in [0.05, 0.1) is 0 Å². The van der Waals surface area contributed by atoms with E-state index < -0.39 is 17.9 Å². The number of rotatable bonds is 18. The van der Waals surface area contributed by atoms with Crippen molar-refractivity contribution in [2.24, 2.45) is 0 Å². The Morgan fingerprint density at radius 2 is 0.613 bits per heavy atom. The molecule has 0 rings (SSSR count). The van der Waals surface area contributed by atoms with Gasteiger partial charge in [-0.1, -0.05) is 97.8 Å². The first-order valence-corrected chi connectivity index (χ1v) is 12.0. The van der Waals surface area contributed by atoms with Crippen LogP contribution in [0.5, 0.6) is 0 Å². The first-order valence-electron chi connectivity index (χ1n) is 12.0. The monoisotopic (exact) mass is 484 g/mol. The number of hydrogen-bond donors (Lipinski definition) is 3. The predicted octanol–water partition coefficient (Wildman–Crippen LogP) is 7.29. The topological polar surface area (TPSA) is 112 Å². The average molecular weight is 485 g/mol. The molecule has 0 spiro atoms. The Morgan fingerprint density at radius 1 is 0.419 bits per heavy atom. The Hall–Kier alpha value is -1.06. The molecule has 0 atom stereocenters. The van der Waals surface area contributed by atoms with Crippen LogP contribution in [0, 0.1) is 0 Å². The molecule has 0 aliphatic heterocycles. The van der Waals surface area contributed by atoms with Crippen molar-refractivity contribution in [2.45, 2.75) is 136 Å². The SMILES string of the molecule is CCCCCCCC(=O)O.CCCCCCCC(=O)O.CCCCCCCC(=O)O.[Cr]. The smallest absolute Gasteiger partial charge is 0.303 e. The Kier molecular flexibility index (Phi) is 40.4. The van der Waals surface area contributed by atoms with Gasteiger partial charge in [-0.15, -0.1) is 0 Å². The van der Waals surface area contributed by atoms with Crippen LogP contribution in [0.15, 0.2) is 0 Å². The van der Waals surface area contributed by atoms with Crippen LogP contribution < -0.4 is 0 Å². The molecule has 31 heavy (non-hydrogen) atoms. The van der Waals surface area contributed by atoms with E-state index >= 15 is 0 Å². The first-order chi connectivity index (χ1) is 14.3. The van der Waals surface area contributed by atoms with Gasteiger partial charge in [-0.25, -0.2) is 0 Å². The summed E-state index contributed by atoms with van der Waals surface area (Å²) in [5, 5.41) is 24.8. The zero-order valence-electron chi connectivity index (χ0n) is 20.2.